The molecule has 0 atom stereocenters. The van der Waals surface area contributed by atoms with Gasteiger partial charge < -0.3 is 10.2 Å². The van der Waals surface area contributed by atoms with Gasteiger partial charge in [0, 0.05) is 38.0 Å². The Morgan fingerprint density at radius 3 is 2.47 bits per heavy atom. The summed E-state index contributed by atoms with van der Waals surface area (Å²) in [5.74, 6) is 2.48. The van der Waals surface area contributed by atoms with Gasteiger partial charge >= 0.3 is 0 Å². The summed E-state index contributed by atoms with van der Waals surface area (Å²) in [6.07, 6.45) is 8.68. The Morgan fingerprint density at radius 1 is 1.05 bits per heavy atom. The number of anilines is 1. The molecule has 3 aliphatic rings. The van der Waals surface area contributed by atoms with Gasteiger partial charge in [-0.25, -0.2) is 9.97 Å². The van der Waals surface area contributed by atoms with E-state index in [9.17, 15) is 0 Å². The second-order valence-corrected chi connectivity index (χ2v) is 6.14. The van der Waals surface area contributed by atoms with Crippen molar-refractivity contribution < 1.29 is 0 Å². The minimum atomic E-state index is 0.648. The Hall–Kier alpha value is -1.16. The molecule has 0 bridgehead atoms. The van der Waals surface area contributed by atoms with Crippen molar-refractivity contribution in [3.05, 3.63) is 17.7 Å². The first-order valence-electron chi connectivity index (χ1n) is 7.74. The van der Waals surface area contributed by atoms with Crippen LogP contribution in [-0.2, 0) is 0 Å². The van der Waals surface area contributed by atoms with E-state index in [1.165, 1.54) is 43.5 Å². The minimum Gasteiger partial charge on any atom is -0.366 e. The zero-order chi connectivity index (χ0) is 12.7. The lowest BCUT2D eigenvalue weighted by atomic mass is 9.85. The van der Waals surface area contributed by atoms with Crippen molar-refractivity contribution in [3.8, 4) is 0 Å². The molecule has 1 aromatic rings. The van der Waals surface area contributed by atoms with Crippen LogP contribution in [-0.4, -0.2) is 36.1 Å². The van der Waals surface area contributed by atoms with Crippen LogP contribution < -0.4 is 10.2 Å². The zero-order valence-electron chi connectivity index (χ0n) is 11.4. The monoisotopic (exact) mass is 258 g/mol. The van der Waals surface area contributed by atoms with Crippen molar-refractivity contribution in [2.24, 2.45) is 0 Å². The molecule has 0 amide bonds. The van der Waals surface area contributed by atoms with E-state index in [-0.39, 0.29) is 0 Å². The minimum absolute atomic E-state index is 0.648. The maximum absolute atomic E-state index is 4.96. The van der Waals surface area contributed by atoms with Crippen LogP contribution in [0.4, 0.5) is 5.69 Å². The fraction of sp³-hybridized carbons (Fsp3) is 0.733. The van der Waals surface area contributed by atoms with Gasteiger partial charge in [0.05, 0.1) is 17.6 Å². The molecule has 1 aromatic heterocycles. The molecule has 1 aliphatic heterocycles. The van der Waals surface area contributed by atoms with Crippen LogP contribution >= 0.6 is 0 Å². The molecule has 0 aromatic carbocycles. The van der Waals surface area contributed by atoms with Crippen molar-refractivity contribution >= 4 is 5.69 Å². The standard InChI is InChI=1S/C15H22N4/c1-2-12(3-1)15-17-10-13(14(18-15)11-4-5-11)19-8-6-16-7-9-19/h10-12,16H,1-9H2. The fourth-order valence-corrected chi connectivity index (χ4v) is 3.07. The number of rotatable bonds is 3. The van der Waals surface area contributed by atoms with E-state index >= 15 is 0 Å². The van der Waals surface area contributed by atoms with Crippen LogP contribution in [0.25, 0.3) is 0 Å². The molecule has 19 heavy (non-hydrogen) atoms. The molecule has 4 rings (SSSR count). The Bertz CT molecular complexity index is 459. The molecular formula is C15H22N4. The normalized spacial score (nSPS) is 24.3. The van der Waals surface area contributed by atoms with E-state index < -0.39 is 0 Å². The highest BCUT2D eigenvalue weighted by Crippen LogP contribution is 2.44. The molecule has 1 saturated heterocycles. The van der Waals surface area contributed by atoms with Gasteiger partial charge in [0.15, 0.2) is 0 Å². The number of aromatic nitrogens is 2. The maximum Gasteiger partial charge on any atom is 0.131 e. The van der Waals surface area contributed by atoms with Gasteiger partial charge in [-0.3, -0.25) is 0 Å². The van der Waals surface area contributed by atoms with E-state index in [2.05, 4.69) is 21.4 Å². The summed E-state index contributed by atoms with van der Waals surface area (Å²) in [6, 6.07) is 0. The predicted octanol–water partition coefficient (Wildman–Crippen LogP) is 2.03. The highest BCUT2D eigenvalue weighted by Gasteiger charge is 2.32. The van der Waals surface area contributed by atoms with E-state index in [0.717, 1.165) is 32.0 Å². The van der Waals surface area contributed by atoms with Gasteiger partial charge in [0.1, 0.15) is 5.82 Å². The highest BCUT2D eigenvalue weighted by molar-refractivity contribution is 5.52. The number of nitrogens with zero attached hydrogens (tertiary/aromatic N) is 3. The SMILES string of the molecule is c1nc(C2CCC2)nc(C2CC2)c1N1CCNCC1. The molecule has 2 heterocycles. The third-order valence-electron chi connectivity index (χ3n) is 4.71. The largest absolute Gasteiger partial charge is 0.366 e. The third-order valence-corrected chi connectivity index (χ3v) is 4.71. The quantitative estimate of drug-likeness (QED) is 0.900. The summed E-state index contributed by atoms with van der Waals surface area (Å²) in [6.45, 7) is 4.33. The number of piperazine rings is 1. The Kier molecular flexibility index (Phi) is 2.91. The average Bonchev–Trinajstić information content (AvgIpc) is 3.22. The Labute approximate surface area is 114 Å². The Balaban J connectivity index is 1.64. The molecule has 3 fully saturated rings. The first-order chi connectivity index (χ1) is 9.42. The fourth-order valence-electron chi connectivity index (χ4n) is 3.07. The molecule has 0 unspecified atom stereocenters. The molecule has 102 valence electrons. The van der Waals surface area contributed by atoms with Crippen LogP contribution in [0.1, 0.15) is 55.5 Å². The topological polar surface area (TPSA) is 41.1 Å². The van der Waals surface area contributed by atoms with Crippen molar-refractivity contribution in [1.82, 2.24) is 15.3 Å². The first-order valence-corrected chi connectivity index (χ1v) is 7.74. The van der Waals surface area contributed by atoms with Gasteiger partial charge in [0.25, 0.3) is 0 Å². The second-order valence-electron chi connectivity index (χ2n) is 6.14. The zero-order valence-corrected chi connectivity index (χ0v) is 11.4. The molecule has 1 N–H and O–H groups in total. The summed E-state index contributed by atoms with van der Waals surface area (Å²) in [5, 5.41) is 3.41. The lowest BCUT2D eigenvalue weighted by molar-refractivity contribution is 0.400. The van der Waals surface area contributed by atoms with Crippen LogP contribution in [0.15, 0.2) is 6.20 Å². The van der Waals surface area contributed by atoms with Crippen molar-refractivity contribution in [2.75, 3.05) is 31.1 Å². The van der Waals surface area contributed by atoms with E-state index in [0.29, 0.717) is 11.8 Å². The van der Waals surface area contributed by atoms with Gasteiger partial charge in [-0.1, -0.05) is 6.42 Å². The molecule has 4 nitrogen and oxygen atoms in total. The molecule has 0 spiro atoms. The van der Waals surface area contributed by atoms with Crippen molar-refractivity contribution in [3.63, 3.8) is 0 Å². The maximum atomic E-state index is 4.96. The van der Waals surface area contributed by atoms with E-state index in [1.54, 1.807) is 0 Å². The summed E-state index contributed by atoms with van der Waals surface area (Å²) >= 11 is 0. The van der Waals surface area contributed by atoms with Crippen LogP contribution in [0.2, 0.25) is 0 Å². The van der Waals surface area contributed by atoms with Crippen LogP contribution in [0.5, 0.6) is 0 Å². The smallest absolute Gasteiger partial charge is 0.131 e. The van der Waals surface area contributed by atoms with E-state index in [1.807, 2.05) is 0 Å². The van der Waals surface area contributed by atoms with Gasteiger partial charge in [-0.05, 0) is 25.7 Å². The first kappa shape index (κ1) is 11.6. The van der Waals surface area contributed by atoms with Gasteiger partial charge in [-0.15, -0.1) is 0 Å². The van der Waals surface area contributed by atoms with Gasteiger partial charge in [0.2, 0.25) is 0 Å². The third kappa shape index (κ3) is 2.22. The lowest BCUT2D eigenvalue weighted by Gasteiger charge is -2.31. The summed E-state index contributed by atoms with van der Waals surface area (Å²) < 4.78 is 0. The lowest BCUT2D eigenvalue weighted by Crippen LogP contribution is -2.44. The molecule has 2 aliphatic carbocycles. The number of nitrogens with one attached hydrogen (secondary N) is 1. The predicted molar refractivity (Wildman–Crippen MR) is 75.7 cm³/mol. The summed E-state index contributed by atoms with van der Waals surface area (Å²) in [7, 11) is 0. The molecule has 2 saturated carbocycles. The average molecular weight is 258 g/mol. The van der Waals surface area contributed by atoms with Crippen molar-refractivity contribution in [1.29, 1.82) is 0 Å². The summed E-state index contributed by atoms with van der Waals surface area (Å²) in [5.41, 5.74) is 2.66. The number of hydrogen-bond donors (Lipinski definition) is 1. The molecule has 4 heteroatoms. The molecular weight excluding hydrogens is 236 g/mol. The highest BCUT2D eigenvalue weighted by atomic mass is 15.2. The van der Waals surface area contributed by atoms with E-state index in [4.69, 9.17) is 4.98 Å². The molecule has 0 radical (unpaired) electrons. The number of hydrogen-bond acceptors (Lipinski definition) is 4. The summed E-state index contributed by atoms with van der Waals surface area (Å²) in [4.78, 5) is 12.1. The second kappa shape index (κ2) is 4.75. The van der Waals surface area contributed by atoms with Gasteiger partial charge in [-0.2, -0.15) is 0 Å². The van der Waals surface area contributed by atoms with Crippen LogP contribution in [0.3, 0.4) is 0 Å². The Morgan fingerprint density at radius 2 is 1.84 bits per heavy atom. The van der Waals surface area contributed by atoms with Crippen molar-refractivity contribution in [2.45, 2.75) is 43.9 Å². The van der Waals surface area contributed by atoms with Crippen LogP contribution in [0, 0.1) is 0 Å².